The number of rotatable bonds is 5. The van der Waals surface area contributed by atoms with E-state index in [1.165, 1.54) is 22.3 Å². The van der Waals surface area contributed by atoms with Crippen molar-refractivity contribution in [3.63, 3.8) is 0 Å². The van der Waals surface area contributed by atoms with Gasteiger partial charge < -0.3 is 4.42 Å². The fourth-order valence-electron chi connectivity index (χ4n) is 5.77. The van der Waals surface area contributed by atoms with Crippen molar-refractivity contribution in [2.45, 2.75) is 0 Å². The monoisotopic (exact) mass is 538 g/mol. The Kier molecular flexibility index (Phi) is 5.79. The molecule has 0 amide bonds. The highest BCUT2D eigenvalue weighted by molar-refractivity contribution is 6.14. The highest BCUT2D eigenvalue weighted by atomic mass is 16.3. The molecule has 0 aliphatic carbocycles. The predicted octanol–water partition coefficient (Wildman–Crippen LogP) is 10.9. The van der Waals surface area contributed by atoms with Crippen molar-refractivity contribution in [1.82, 2.24) is 4.98 Å². The standard InChI is InChI=1S/C39H26N2O/c1-3-9-27(10-4-1)29-15-20-32(21-16-29)41(33-22-17-30(18-23-33)28-11-5-2-6-12-28)37-26-25-36-38(40-37)35-24-19-31-13-7-8-14-34(31)39(35)42-36/h1-26H. The van der Waals surface area contributed by atoms with Gasteiger partial charge in [-0.2, -0.15) is 0 Å². The molecule has 0 unspecified atom stereocenters. The second kappa shape index (κ2) is 10.1. The number of aromatic nitrogens is 1. The van der Waals surface area contributed by atoms with Crippen molar-refractivity contribution in [2.24, 2.45) is 0 Å². The van der Waals surface area contributed by atoms with Gasteiger partial charge in [0.15, 0.2) is 5.58 Å². The van der Waals surface area contributed by atoms with Gasteiger partial charge in [0.2, 0.25) is 0 Å². The minimum Gasteiger partial charge on any atom is -0.454 e. The molecule has 0 radical (unpaired) electrons. The van der Waals surface area contributed by atoms with Crippen LogP contribution in [-0.4, -0.2) is 4.98 Å². The topological polar surface area (TPSA) is 29.3 Å². The zero-order chi connectivity index (χ0) is 27.9. The van der Waals surface area contributed by atoms with Crippen LogP contribution >= 0.6 is 0 Å². The molecule has 0 atom stereocenters. The molecule has 0 N–H and O–H groups in total. The Morgan fingerprint density at radius 2 is 0.976 bits per heavy atom. The quantitative estimate of drug-likeness (QED) is 0.218. The summed E-state index contributed by atoms with van der Waals surface area (Å²) in [4.78, 5) is 7.43. The van der Waals surface area contributed by atoms with Crippen molar-refractivity contribution in [2.75, 3.05) is 4.90 Å². The van der Waals surface area contributed by atoms with Crippen LogP contribution in [0.15, 0.2) is 162 Å². The number of nitrogens with zero attached hydrogens (tertiary/aromatic N) is 2. The largest absolute Gasteiger partial charge is 0.454 e. The van der Waals surface area contributed by atoms with E-state index in [-0.39, 0.29) is 0 Å². The van der Waals surface area contributed by atoms with Gasteiger partial charge in [0.05, 0.1) is 0 Å². The van der Waals surface area contributed by atoms with Crippen molar-refractivity contribution in [3.05, 3.63) is 158 Å². The van der Waals surface area contributed by atoms with E-state index in [1.54, 1.807) is 0 Å². The molecule has 2 aromatic heterocycles. The van der Waals surface area contributed by atoms with Crippen LogP contribution < -0.4 is 4.90 Å². The van der Waals surface area contributed by atoms with Gasteiger partial charge in [-0.3, -0.25) is 4.90 Å². The third-order valence-corrected chi connectivity index (χ3v) is 7.88. The molecule has 2 heterocycles. The lowest BCUT2D eigenvalue weighted by Gasteiger charge is -2.25. The number of hydrogen-bond acceptors (Lipinski definition) is 3. The van der Waals surface area contributed by atoms with Crippen LogP contribution in [0.3, 0.4) is 0 Å². The third kappa shape index (κ3) is 4.20. The number of hydrogen-bond donors (Lipinski definition) is 0. The van der Waals surface area contributed by atoms with E-state index in [0.29, 0.717) is 0 Å². The fourth-order valence-corrected chi connectivity index (χ4v) is 5.77. The second-order valence-electron chi connectivity index (χ2n) is 10.4. The van der Waals surface area contributed by atoms with Crippen molar-refractivity contribution in [3.8, 4) is 22.3 Å². The molecule has 8 rings (SSSR count). The van der Waals surface area contributed by atoms with E-state index in [1.807, 2.05) is 30.3 Å². The maximum absolute atomic E-state index is 6.36. The lowest BCUT2D eigenvalue weighted by Crippen LogP contribution is -2.11. The van der Waals surface area contributed by atoms with Crippen LogP contribution in [0.4, 0.5) is 17.2 Å². The SMILES string of the molecule is c1ccc(-c2ccc(N(c3ccc(-c4ccccc4)cc3)c3ccc4oc5c6ccccc6ccc5c4n3)cc2)cc1. The molecule has 42 heavy (non-hydrogen) atoms. The van der Waals surface area contributed by atoms with Gasteiger partial charge in [-0.25, -0.2) is 4.98 Å². The molecule has 3 nitrogen and oxygen atoms in total. The normalized spacial score (nSPS) is 11.3. The van der Waals surface area contributed by atoms with Gasteiger partial charge in [-0.15, -0.1) is 0 Å². The molecule has 0 saturated carbocycles. The minimum absolute atomic E-state index is 0.781. The lowest BCUT2D eigenvalue weighted by molar-refractivity contribution is 0.672. The van der Waals surface area contributed by atoms with Crippen LogP contribution in [0, 0.1) is 0 Å². The predicted molar refractivity (Wildman–Crippen MR) is 175 cm³/mol. The Bertz CT molecular complexity index is 2080. The summed E-state index contributed by atoms with van der Waals surface area (Å²) in [6, 6.07) is 55.0. The van der Waals surface area contributed by atoms with Crippen LogP contribution in [-0.2, 0) is 0 Å². The van der Waals surface area contributed by atoms with E-state index in [9.17, 15) is 0 Å². The number of furan rings is 1. The Labute approximate surface area is 243 Å². The molecule has 6 aromatic carbocycles. The highest BCUT2D eigenvalue weighted by Crippen LogP contribution is 2.39. The van der Waals surface area contributed by atoms with Crippen LogP contribution in [0.1, 0.15) is 0 Å². The first-order valence-electron chi connectivity index (χ1n) is 14.1. The zero-order valence-electron chi connectivity index (χ0n) is 22.8. The lowest BCUT2D eigenvalue weighted by atomic mass is 10.0. The van der Waals surface area contributed by atoms with Crippen LogP contribution in [0.25, 0.3) is 55.1 Å². The summed E-state index contributed by atoms with van der Waals surface area (Å²) < 4.78 is 6.36. The molecule has 0 saturated heterocycles. The minimum atomic E-state index is 0.781. The highest BCUT2D eigenvalue weighted by Gasteiger charge is 2.18. The summed E-state index contributed by atoms with van der Waals surface area (Å²) >= 11 is 0. The third-order valence-electron chi connectivity index (χ3n) is 7.88. The fraction of sp³-hybridized carbons (Fsp3) is 0. The Balaban J connectivity index is 1.27. The molecule has 8 aromatic rings. The van der Waals surface area contributed by atoms with Gasteiger partial charge in [-0.05, 0) is 70.1 Å². The molecule has 0 spiro atoms. The first-order valence-corrected chi connectivity index (χ1v) is 14.1. The summed E-state index contributed by atoms with van der Waals surface area (Å²) in [6.45, 7) is 0. The van der Waals surface area contributed by atoms with Gasteiger partial charge in [0.25, 0.3) is 0 Å². The van der Waals surface area contributed by atoms with Crippen LogP contribution in [0.5, 0.6) is 0 Å². The maximum Gasteiger partial charge on any atom is 0.154 e. The number of fused-ring (bicyclic) bond motifs is 5. The van der Waals surface area contributed by atoms with E-state index in [4.69, 9.17) is 9.40 Å². The van der Waals surface area contributed by atoms with Crippen molar-refractivity contribution < 1.29 is 4.42 Å². The molecule has 198 valence electrons. The summed E-state index contributed by atoms with van der Waals surface area (Å²) in [5.74, 6) is 0.832. The summed E-state index contributed by atoms with van der Waals surface area (Å²) in [6.07, 6.45) is 0. The summed E-state index contributed by atoms with van der Waals surface area (Å²) in [5.41, 5.74) is 9.32. The molecule has 0 fully saturated rings. The van der Waals surface area contributed by atoms with Crippen molar-refractivity contribution in [1.29, 1.82) is 0 Å². The van der Waals surface area contributed by atoms with Crippen molar-refractivity contribution >= 4 is 50.0 Å². The van der Waals surface area contributed by atoms with Gasteiger partial charge in [0.1, 0.15) is 16.9 Å². The average Bonchev–Trinajstić information content (AvgIpc) is 3.45. The van der Waals surface area contributed by atoms with Crippen LogP contribution in [0.2, 0.25) is 0 Å². The molecular formula is C39H26N2O. The first-order chi connectivity index (χ1) is 20.8. The van der Waals surface area contributed by atoms with E-state index in [0.717, 1.165) is 50.0 Å². The first kappa shape index (κ1) is 24.2. The molecule has 3 heteroatoms. The Morgan fingerprint density at radius 3 is 1.60 bits per heavy atom. The Morgan fingerprint density at radius 1 is 0.429 bits per heavy atom. The summed E-state index contributed by atoms with van der Waals surface area (Å²) in [5, 5.41) is 3.27. The maximum atomic E-state index is 6.36. The molecular weight excluding hydrogens is 512 g/mol. The molecule has 0 aliphatic heterocycles. The molecule has 0 aliphatic rings. The Hall–Kier alpha value is -5.67. The summed E-state index contributed by atoms with van der Waals surface area (Å²) in [7, 11) is 0. The van der Waals surface area contributed by atoms with E-state index < -0.39 is 0 Å². The average molecular weight is 539 g/mol. The number of anilines is 3. The number of benzene rings is 6. The van der Waals surface area contributed by atoms with Gasteiger partial charge >= 0.3 is 0 Å². The molecule has 0 bridgehead atoms. The zero-order valence-corrected chi connectivity index (χ0v) is 22.8. The van der Waals surface area contributed by atoms with E-state index >= 15 is 0 Å². The number of pyridine rings is 1. The van der Waals surface area contributed by atoms with Gasteiger partial charge in [0, 0.05) is 22.1 Å². The van der Waals surface area contributed by atoms with E-state index in [2.05, 4.69) is 132 Å². The second-order valence-corrected chi connectivity index (χ2v) is 10.4. The smallest absolute Gasteiger partial charge is 0.154 e. The van der Waals surface area contributed by atoms with Gasteiger partial charge in [-0.1, -0.05) is 115 Å².